The average molecular weight is 382 g/mol. The molecular weight excluding hydrogens is 342 g/mol. The van der Waals surface area contributed by atoms with Crippen LogP contribution < -0.4 is 9.47 Å². The Morgan fingerprint density at radius 3 is 2.04 bits per heavy atom. The first kappa shape index (κ1) is 23.0. The Morgan fingerprint density at radius 1 is 1.04 bits per heavy atom. The highest BCUT2D eigenvalue weighted by Crippen LogP contribution is 2.36. The van der Waals surface area contributed by atoms with E-state index in [2.05, 4.69) is 64.9 Å². The molecule has 4 nitrogen and oxygen atoms in total. The van der Waals surface area contributed by atoms with Crippen LogP contribution in [-0.2, 0) is 10.8 Å². The lowest BCUT2D eigenvalue weighted by Gasteiger charge is -2.37. The Hall–Kier alpha value is -1.04. The molecule has 0 bridgehead atoms. The summed E-state index contributed by atoms with van der Waals surface area (Å²) in [7, 11) is 3.92. The van der Waals surface area contributed by atoms with Gasteiger partial charge in [-0.2, -0.15) is 0 Å². The van der Waals surface area contributed by atoms with Crippen LogP contribution in [0.2, 0.25) is 18.1 Å². The summed E-state index contributed by atoms with van der Waals surface area (Å²) in [5.41, 5.74) is 1.23. The summed E-state index contributed by atoms with van der Waals surface area (Å²) in [5, 5.41) is 0.271. The first-order valence-corrected chi connectivity index (χ1v) is 12.5. The minimum absolute atomic E-state index is 0.271. The van der Waals surface area contributed by atoms with Gasteiger partial charge in [-0.3, -0.25) is 0 Å². The predicted molar refractivity (Wildman–Crippen MR) is 113 cm³/mol. The van der Waals surface area contributed by atoms with E-state index < -0.39 is 8.32 Å². The van der Waals surface area contributed by atoms with Gasteiger partial charge in [-0.15, -0.1) is 0 Å². The van der Waals surface area contributed by atoms with Crippen LogP contribution in [0, 0.1) is 0 Å². The molecular formula is C21H39NO3Si. The summed E-state index contributed by atoms with van der Waals surface area (Å²) in [5.74, 6) is 1.69. The lowest BCUT2D eigenvalue weighted by molar-refractivity contribution is 0.199. The lowest BCUT2D eigenvalue weighted by atomic mass is 10.1. The van der Waals surface area contributed by atoms with Gasteiger partial charge < -0.3 is 18.8 Å². The van der Waals surface area contributed by atoms with Crippen LogP contribution >= 0.6 is 0 Å². The maximum atomic E-state index is 6.32. The molecule has 1 atom stereocenters. The van der Waals surface area contributed by atoms with E-state index in [0.717, 1.165) is 37.5 Å². The van der Waals surface area contributed by atoms with Crippen molar-refractivity contribution < 1.29 is 13.9 Å². The minimum Gasteiger partial charge on any atom is -0.497 e. The quantitative estimate of drug-likeness (QED) is 0.535. The lowest BCUT2D eigenvalue weighted by Crippen LogP contribution is -2.42. The highest BCUT2D eigenvalue weighted by atomic mass is 28.4. The van der Waals surface area contributed by atoms with E-state index in [1.807, 2.05) is 6.07 Å². The second kappa shape index (κ2) is 9.77. The van der Waals surface area contributed by atoms with Crippen molar-refractivity contribution in [2.24, 2.45) is 0 Å². The Bertz CT molecular complexity index is 532. The maximum absolute atomic E-state index is 6.32. The van der Waals surface area contributed by atoms with Gasteiger partial charge in [0.15, 0.2) is 8.32 Å². The van der Waals surface area contributed by atoms with Crippen LogP contribution in [-0.4, -0.2) is 53.7 Å². The molecule has 0 saturated carbocycles. The summed E-state index contributed by atoms with van der Waals surface area (Å²) in [4.78, 5) is 2.40. The van der Waals surface area contributed by atoms with Gasteiger partial charge in [-0.05, 0) is 62.6 Å². The minimum atomic E-state index is -1.65. The second-order valence-electron chi connectivity index (χ2n) is 8.70. The number of ether oxygens (including phenoxy) is 2. The summed E-state index contributed by atoms with van der Waals surface area (Å²) in [6.45, 7) is 15.6. The highest BCUT2D eigenvalue weighted by Gasteiger charge is 2.36. The molecule has 5 heteroatoms. The monoisotopic (exact) mass is 381 g/mol. The topological polar surface area (TPSA) is 30.9 Å². The highest BCUT2D eigenvalue weighted by molar-refractivity contribution is 6.74. The van der Waals surface area contributed by atoms with E-state index in [4.69, 9.17) is 13.9 Å². The van der Waals surface area contributed by atoms with Gasteiger partial charge in [0.25, 0.3) is 0 Å². The van der Waals surface area contributed by atoms with Crippen LogP contribution in [0.4, 0.5) is 0 Å². The molecule has 0 aliphatic rings. The first-order valence-electron chi connectivity index (χ1n) is 9.56. The number of hydrogen-bond acceptors (Lipinski definition) is 4. The van der Waals surface area contributed by atoms with E-state index in [1.165, 1.54) is 5.56 Å². The molecule has 1 rings (SSSR count). The second-order valence-corrected chi connectivity index (χ2v) is 13.5. The van der Waals surface area contributed by atoms with Crippen molar-refractivity contribution in [2.75, 3.05) is 34.4 Å². The Labute approximate surface area is 162 Å². The number of methoxy groups -OCH3 is 2. The van der Waals surface area contributed by atoms with Crippen molar-refractivity contribution in [3.05, 3.63) is 23.8 Å². The normalized spacial score (nSPS) is 13.8. The fourth-order valence-electron chi connectivity index (χ4n) is 2.46. The molecule has 0 heterocycles. The molecule has 0 N–H and O–H groups in total. The van der Waals surface area contributed by atoms with Gasteiger partial charge >= 0.3 is 0 Å². The zero-order valence-electron chi connectivity index (χ0n) is 18.3. The molecule has 0 amide bonds. The molecule has 0 saturated heterocycles. The zero-order chi connectivity index (χ0) is 20.0. The molecule has 0 fully saturated rings. The summed E-state index contributed by atoms with van der Waals surface area (Å²) < 4.78 is 17.0. The fourth-order valence-corrected chi connectivity index (χ4v) is 3.52. The van der Waals surface area contributed by atoms with E-state index in [-0.39, 0.29) is 5.04 Å². The molecule has 26 heavy (non-hydrogen) atoms. The third kappa shape index (κ3) is 6.93. The number of benzene rings is 1. The SMILES string of the molecule is COc1cc(CCN(C)C(C)CCO[Si](C)(C)C(C)(C)C)cc(OC)c1. The molecule has 0 aliphatic heterocycles. The van der Waals surface area contributed by atoms with Crippen LogP contribution in [0.1, 0.15) is 39.7 Å². The van der Waals surface area contributed by atoms with E-state index in [9.17, 15) is 0 Å². The summed E-state index contributed by atoms with van der Waals surface area (Å²) in [6.07, 6.45) is 2.03. The van der Waals surface area contributed by atoms with Crippen LogP contribution in [0.3, 0.4) is 0 Å². The largest absolute Gasteiger partial charge is 0.497 e. The van der Waals surface area contributed by atoms with Crippen molar-refractivity contribution in [3.63, 3.8) is 0 Å². The van der Waals surface area contributed by atoms with E-state index >= 15 is 0 Å². The number of likely N-dealkylation sites (N-methyl/N-ethyl adjacent to an activating group) is 1. The standard InChI is InChI=1S/C21H39NO3Si/c1-17(11-13-25-26(8,9)21(2,3)4)22(5)12-10-18-14-19(23-6)16-20(15-18)24-7/h14-17H,10-13H2,1-9H3. The molecule has 0 radical (unpaired) electrons. The third-order valence-corrected chi connectivity index (χ3v) is 10.3. The smallest absolute Gasteiger partial charge is 0.191 e. The van der Waals surface area contributed by atoms with Crippen molar-refractivity contribution >= 4 is 8.32 Å². The molecule has 1 aromatic rings. The molecule has 0 spiro atoms. The van der Waals surface area contributed by atoms with E-state index in [1.54, 1.807) is 14.2 Å². The Morgan fingerprint density at radius 2 is 1.58 bits per heavy atom. The molecule has 150 valence electrons. The van der Waals surface area contributed by atoms with Gasteiger partial charge in [-0.1, -0.05) is 20.8 Å². The van der Waals surface area contributed by atoms with Crippen molar-refractivity contribution in [2.45, 2.75) is 64.7 Å². The van der Waals surface area contributed by atoms with Gasteiger partial charge in [0.05, 0.1) is 14.2 Å². The molecule has 0 aromatic heterocycles. The third-order valence-electron chi connectivity index (χ3n) is 5.72. The maximum Gasteiger partial charge on any atom is 0.191 e. The molecule has 0 aliphatic carbocycles. The molecule has 1 aromatic carbocycles. The fraction of sp³-hybridized carbons (Fsp3) is 0.714. The van der Waals surface area contributed by atoms with Gasteiger partial charge in [0.2, 0.25) is 0 Å². The zero-order valence-corrected chi connectivity index (χ0v) is 19.3. The van der Waals surface area contributed by atoms with Gasteiger partial charge in [0, 0.05) is 25.3 Å². The van der Waals surface area contributed by atoms with Crippen molar-refractivity contribution in [1.29, 1.82) is 0 Å². The first-order chi connectivity index (χ1) is 12.0. The average Bonchev–Trinajstić information content (AvgIpc) is 2.57. The number of rotatable bonds is 10. The van der Waals surface area contributed by atoms with Gasteiger partial charge in [-0.25, -0.2) is 0 Å². The van der Waals surface area contributed by atoms with Crippen LogP contribution in [0.15, 0.2) is 18.2 Å². The number of nitrogens with zero attached hydrogens (tertiary/aromatic N) is 1. The van der Waals surface area contributed by atoms with E-state index in [0.29, 0.717) is 6.04 Å². The Kier molecular flexibility index (Phi) is 8.64. The van der Waals surface area contributed by atoms with Crippen molar-refractivity contribution in [3.8, 4) is 11.5 Å². The summed E-state index contributed by atoms with van der Waals surface area (Å²) in [6, 6.07) is 6.57. The van der Waals surface area contributed by atoms with Crippen LogP contribution in [0.5, 0.6) is 11.5 Å². The summed E-state index contributed by atoms with van der Waals surface area (Å²) >= 11 is 0. The molecule has 1 unspecified atom stereocenters. The van der Waals surface area contributed by atoms with Crippen LogP contribution in [0.25, 0.3) is 0 Å². The van der Waals surface area contributed by atoms with Crippen molar-refractivity contribution in [1.82, 2.24) is 4.90 Å². The number of hydrogen-bond donors (Lipinski definition) is 0. The van der Waals surface area contributed by atoms with Gasteiger partial charge in [0.1, 0.15) is 11.5 Å². The Balaban J connectivity index is 2.49. The predicted octanol–water partition coefficient (Wildman–Crippen LogP) is 4.98.